The number of unbranched alkanes of at least 4 members (excludes halogenated alkanes) is 1. The summed E-state index contributed by atoms with van der Waals surface area (Å²) in [7, 11) is 0. The van der Waals surface area contributed by atoms with Crippen LogP contribution in [0.5, 0.6) is 0 Å². The predicted molar refractivity (Wildman–Crippen MR) is 96.5 cm³/mol. The van der Waals surface area contributed by atoms with Gasteiger partial charge >= 0.3 is 6.03 Å². The van der Waals surface area contributed by atoms with Gasteiger partial charge < -0.3 is 16.4 Å². The topological polar surface area (TPSA) is 84.2 Å². The molecule has 0 spiro atoms. The maximum absolute atomic E-state index is 12.3. The van der Waals surface area contributed by atoms with Crippen LogP contribution in [0.3, 0.4) is 0 Å². The Bertz CT molecular complexity index is 534. The Balaban J connectivity index is 1.72. The van der Waals surface area contributed by atoms with Crippen LogP contribution in [0.4, 0.5) is 10.5 Å². The molecule has 0 atom stereocenters. The van der Waals surface area contributed by atoms with E-state index in [1.165, 1.54) is 32.1 Å². The van der Waals surface area contributed by atoms with Gasteiger partial charge in [0.2, 0.25) is 5.91 Å². The Morgan fingerprint density at radius 2 is 1.79 bits per heavy atom. The van der Waals surface area contributed by atoms with Crippen molar-refractivity contribution in [2.45, 2.75) is 58.4 Å². The monoisotopic (exact) mass is 331 g/mol. The van der Waals surface area contributed by atoms with E-state index >= 15 is 0 Å². The largest absolute Gasteiger partial charge is 0.352 e. The number of anilines is 1. The molecule has 0 aliphatic heterocycles. The van der Waals surface area contributed by atoms with E-state index in [1.54, 1.807) is 12.1 Å². The molecule has 0 aromatic heterocycles. The van der Waals surface area contributed by atoms with E-state index in [4.69, 9.17) is 5.73 Å². The van der Waals surface area contributed by atoms with Crippen LogP contribution in [-0.2, 0) is 11.3 Å². The van der Waals surface area contributed by atoms with Crippen molar-refractivity contribution in [1.29, 1.82) is 0 Å². The SMILES string of the molecule is CCCCC1CCC(C(=O)NCc2ccc(NC(N)=O)cc2)CC1. The number of carbonyl (C=O) groups is 2. The van der Waals surface area contributed by atoms with E-state index in [2.05, 4.69) is 17.6 Å². The van der Waals surface area contributed by atoms with Crippen molar-refractivity contribution in [3.63, 3.8) is 0 Å². The molecule has 2 rings (SSSR count). The zero-order valence-electron chi connectivity index (χ0n) is 14.5. The van der Waals surface area contributed by atoms with Crippen LogP contribution in [0.2, 0.25) is 0 Å². The first kappa shape index (κ1) is 18.3. The third kappa shape index (κ3) is 5.87. The predicted octanol–water partition coefficient (Wildman–Crippen LogP) is 3.79. The summed E-state index contributed by atoms with van der Waals surface area (Å²) in [5.41, 5.74) is 6.74. The molecule has 0 saturated heterocycles. The minimum atomic E-state index is -0.578. The third-order valence-corrected chi connectivity index (χ3v) is 4.87. The highest BCUT2D eigenvalue weighted by Crippen LogP contribution is 2.32. The van der Waals surface area contributed by atoms with Crippen LogP contribution in [0.1, 0.15) is 57.4 Å². The first-order valence-corrected chi connectivity index (χ1v) is 9.01. The number of rotatable bonds is 7. The molecule has 5 heteroatoms. The lowest BCUT2D eigenvalue weighted by Gasteiger charge is -2.27. The number of amides is 3. The lowest BCUT2D eigenvalue weighted by Crippen LogP contribution is -2.32. The number of urea groups is 1. The van der Waals surface area contributed by atoms with Gasteiger partial charge in [-0.05, 0) is 49.3 Å². The molecular weight excluding hydrogens is 302 g/mol. The Morgan fingerprint density at radius 1 is 1.12 bits per heavy atom. The Labute approximate surface area is 144 Å². The van der Waals surface area contributed by atoms with Crippen LogP contribution < -0.4 is 16.4 Å². The number of hydrogen-bond donors (Lipinski definition) is 3. The summed E-state index contributed by atoms with van der Waals surface area (Å²) in [6.45, 7) is 2.75. The second-order valence-corrected chi connectivity index (χ2v) is 6.76. The summed E-state index contributed by atoms with van der Waals surface area (Å²) in [6.07, 6.45) is 8.29. The van der Waals surface area contributed by atoms with Gasteiger partial charge in [-0.1, -0.05) is 38.3 Å². The molecule has 0 unspecified atom stereocenters. The molecule has 5 nitrogen and oxygen atoms in total. The second-order valence-electron chi connectivity index (χ2n) is 6.76. The van der Waals surface area contributed by atoms with Gasteiger partial charge in [0.05, 0.1) is 0 Å². The fraction of sp³-hybridized carbons (Fsp3) is 0.579. The van der Waals surface area contributed by atoms with E-state index in [-0.39, 0.29) is 11.8 Å². The van der Waals surface area contributed by atoms with Gasteiger partial charge in [0.1, 0.15) is 0 Å². The maximum atomic E-state index is 12.3. The number of benzene rings is 1. The first-order chi connectivity index (χ1) is 11.6. The Hall–Kier alpha value is -2.04. The number of hydrogen-bond acceptors (Lipinski definition) is 2. The van der Waals surface area contributed by atoms with Crippen molar-refractivity contribution in [2.24, 2.45) is 17.6 Å². The number of carbonyl (C=O) groups excluding carboxylic acids is 2. The van der Waals surface area contributed by atoms with Crippen LogP contribution in [0.15, 0.2) is 24.3 Å². The fourth-order valence-electron chi connectivity index (χ4n) is 3.39. The van der Waals surface area contributed by atoms with Crippen molar-refractivity contribution in [3.05, 3.63) is 29.8 Å². The van der Waals surface area contributed by atoms with Gasteiger partial charge in [-0.25, -0.2) is 4.79 Å². The van der Waals surface area contributed by atoms with Crippen molar-refractivity contribution >= 4 is 17.6 Å². The molecular formula is C19H29N3O2. The Kier molecular flexibility index (Phi) is 7.09. The smallest absolute Gasteiger partial charge is 0.316 e. The van der Waals surface area contributed by atoms with E-state index in [0.29, 0.717) is 12.2 Å². The minimum Gasteiger partial charge on any atom is -0.352 e. The van der Waals surface area contributed by atoms with E-state index in [9.17, 15) is 9.59 Å². The van der Waals surface area contributed by atoms with Crippen LogP contribution in [0.25, 0.3) is 0 Å². The molecule has 1 aromatic rings. The summed E-state index contributed by atoms with van der Waals surface area (Å²) < 4.78 is 0. The molecule has 1 aliphatic rings. The quantitative estimate of drug-likeness (QED) is 0.710. The van der Waals surface area contributed by atoms with Crippen molar-refractivity contribution in [1.82, 2.24) is 5.32 Å². The van der Waals surface area contributed by atoms with Gasteiger partial charge in [0.15, 0.2) is 0 Å². The number of nitrogens with two attached hydrogens (primary N) is 1. The molecule has 4 N–H and O–H groups in total. The highest BCUT2D eigenvalue weighted by Gasteiger charge is 2.25. The van der Waals surface area contributed by atoms with Crippen molar-refractivity contribution in [3.8, 4) is 0 Å². The molecule has 1 aromatic carbocycles. The molecule has 0 radical (unpaired) electrons. The third-order valence-electron chi connectivity index (χ3n) is 4.87. The zero-order chi connectivity index (χ0) is 17.4. The maximum Gasteiger partial charge on any atom is 0.316 e. The molecule has 3 amide bonds. The van der Waals surface area contributed by atoms with Gasteiger partial charge in [0, 0.05) is 18.2 Å². The van der Waals surface area contributed by atoms with E-state index in [1.807, 2.05) is 12.1 Å². The Morgan fingerprint density at radius 3 is 2.38 bits per heavy atom. The molecule has 1 aliphatic carbocycles. The van der Waals surface area contributed by atoms with Gasteiger partial charge in [-0.15, -0.1) is 0 Å². The number of nitrogens with one attached hydrogen (secondary N) is 2. The lowest BCUT2D eigenvalue weighted by atomic mass is 9.79. The van der Waals surface area contributed by atoms with Gasteiger partial charge in [0.25, 0.3) is 0 Å². The molecule has 1 fully saturated rings. The standard InChI is InChI=1S/C19H29N3O2/c1-2-3-4-14-5-9-16(10-6-14)18(23)21-13-15-7-11-17(12-8-15)22-19(20)24/h7-8,11-12,14,16H,2-6,9-10,13H2,1H3,(H,21,23)(H3,20,22,24). The lowest BCUT2D eigenvalue weighted by molar-refractivity contribution is -0.126. The molecule has 132 valence electrons. The molecule has 24 heavy (non-hydrogen) atoms. The summed E-state index contributed by atoms with van der Waals surface area (Å²) in [5.74, 6) is 1.15. The van der Waals surface area contributed by atoms with Crippen LogP contribution >= 0.6 is 0 Å². The van der Waals surface area contributed by atoms with Crippen LogP contribution in [0, 0.1) is 11.8 Å². The molecule has 0 heterocycles. The molecule has 0 bridgehead atoms. The minimum absolute atomic E-state index is 0.165. The van der Waals surface area contributed by atoms with Crippen molar-refractivity contribution < 1.29 is 9.59 Å². The highest BCUT2D eigenvalue weighted by molar-refractivity contribution is 5.87. The second kappa shape index (κ2) is 9.30. The van der Waals surface area contributed by atoms with Gasteiger partial charge in [-0.2, -0.15) is 0 Å². The average Bonchev–Trinajstić information content (AvgIpc) is 2.59. The van der Waals surface area contributed by atoms with Crippen molar-refractivity contribution in [2.75, 3.05) is 5.32 Å². The normalized spacial score (nSPS) is 20.4. The fourth-order valence-corrected chi connectivity index (χ4v) is 3.39. The summed E-state index contributed by atoms with van der Waals surface area (Å²) in [4.78, 5) is 23.1. The van der Waals surface area contributed by atoms with E-state index in [0.717, 1.165) is 24.3 Å². The zero-order valence-corrected chi connectivity index (χ0v) is 14.5. The first-order valence-electron chi connectivity index (χ1n) is 9.01. The summed E-state index contributed by atoms with van der Waals surface area (Å²) >= 11 is 0. The van der Waals surface area contributed by atoms with Crippen LogP contribution in [-0.4, -0.2) is 11.9 Å². The van der Waals surface area contributed by atoms with Gasteiger partial charge in [-0.3, -0.25) is 4.79 Å². The molecule has 1 saturated carbocycles. The number of primary amides is 1. The summed E-state index contributed by atoms with van der Waals surface area (Å²) in [6, 6.07) is 6.75. The highest BCUT2D eigenvalue weighted by atomic mass is 16.2. The average molecular weight is 331 g/mol. The van der Waals surface area contributed by atoms with E-state index < -0.39 is 6.03 Å². The summed E-state index contributed by atoms with van der Waals surface area (Å²) in [5, 5.41) is 5.55.